The number of thioether (sulfide) groups is 1. The van der Waals surface area contributed by atoms with E-state index in [-0.39, 0.29) is 24.4 Å². The van der Waals surface area contributed by atoms with E-state index in [9.17, 15) is 9.59 Å². The maximum absolute atomic E-state index is 12.4. The van der Waals surface area contributed by atoms with E-state index in [0.717, 1.165) is 37.4 Å². The van der Waals surface area contributed by atoms with Crippen LogP contribution in [-0.4, -0.2) is 52.1 Å². The van der Waals surface area contributed by atoms with Crippen molar-refractivity contribution in [3.63, 3.8) is 0 Å². The van der Waals surface area contributed by atoms with Gasteiger partial charge in [0.25, 0.3) is 0 Å². The number of nitrogens with one attached hydrogen (secondary N) is 1. The smallest absolute Gasteiger partial charge is 0.303 e. The molecule has 2 heterocycles. The van der Waals surface area contributed by atoms with E-state index in [1.54, 1.807) is 11.8 Å². The van der Waals surface area contributed by atoms with Crippen LogP contribution in [0.5, 0.6) is 0 Å². The Hall–Kier alpha value is -0.750. The predicted octanol–water partition coefficient (Wildman–Crippen LogP) is 0.895. The van der Waals surface area contributed by atoms with Crippen LogP contribution in [0.1, 0.15) is 32.1 Å². The molecule has 102 valence electrons. The molecule has 2 unspecified atom stereocenters. The Morgan fingerprint density at radius 1 is 1.39 bits per heavy atom. The minimum Gasteiger partial charge on any atom is -0.481 e. The molecule has 2 saturated heterocycles. The summed E-state index contributed by atoms with van der Waals surface area (Å²) in [7, 11) is 0. The van der Waals surface area contributed by atoms with Crippen LogP contribution in [0.3, 0.4) is 0 Å². The molecule has 2 fully saturated rings. The largest absolute Gasteiger partial charge is 0.481 e. The molecule has 2 atom stereocenters. The molecule has 0 radical (unpaired) electrons. The number of carbonyl (C=O) groups excluding carboxylic acids is 1. The van der Waals surface area contributed by atoms with Crippen molar-refractivity contribution in [3.05, 3.63) is 0 Å². The Morgan fingerprint density at radius 2 is 2.22 bits per heavy atom. The van der Waals surface area contributed by atoms with Gasteiger partial charge < -0.3 is 10.0 Å². The number of hydrogen-bond donors (Lipinski definition) is 2. The summed E-state index contributed by atoms with van der Waals surface area (Å²) in [4.78, 5) is 24.9. The van der Waals surface area contributed by atoms with Crippen molar-refractivity contribution in [3.8, 4) is 0 Å². The van der Waals surface area contributed by atoms with E-state index < -0.39 is 5.97 Å². The molecule has 18 heavy (non-hydrogen) atoms. The van der Waals surface area contributed by atoms with Crippen molar-refractivity contribution >= 4 is 23.6 Å². The fourth-order valence-electron chi connectivity index (χ4n) is 2.63. The van der Waals surface area contributed by atoms with Crippen molar-refractivity contribution in [2.75, 3.05) is 18.2 Å². The Bertz CT molecular complexity index is 318. The Morgan fingerprint density at radius 3 is 2.89 bits per heavy atom. The lowest BCUT2D eigenvalue weighted by Crippen LogP contribution is -2.51. The zero-order chi connectivity index (χ0) is 13.0. The minimum absolute atomic E-state index is 0.0690. The van der Waals surface area contributed by atoms with Crippen molar-refractivity contribution < 1.29 is 14.7 Å². The molecule has 2 N–H and O–H groups in total. The first-order chi connectivity index (χ1) is 8.68. The van der Waals surface area contributed by atoms with Crippen LogP contribution < -0.4 is 5.32 Å². The quantitative estimate of drug-likeness (QED) is 0.795. The van der Waals surface area contributed by atoms with Gasteiger partial charge in [-0.25, -0.2) is 0 Å². The second-order valence-corrected chi connectivity index (χ2v) is 5.92. The molecule has 5 nitrogen and oxygen atoms in total. The van der Waals surface area contributed by atoms with Crippen LogP contribution in [0.15, 0.2) is 0 Å². The van der Waals surface area contributed by atoms with Crippen molar-refractivity contribution in [1.29, 1.82) is 0 Å². The zero-order valence-corrected chi connectivity index (χ0v) is 11.2. The fourth-order valence-corrected chi connectivity index (χ4v) is 3.57. The third kappa shape index (κ3) is 3.38. The molecule has 2 aliphatic rings. The fraction of sp³-hybridized carbons (Fsp3) is 0.833. The lowest BCUT2D eigenvalue weighted by Gasteiger charge is -2.37. The summed E-state index contributed by atoms with van der Waals surface area (Å²) < 4.78 is 0. The number of aliphatic carboxylic acids is 1. The predicted molar refractivity (Wildman–Crippen MR) is 70.5 cm³/mol. The van der Waals surface area contributed by atoms with Crippen LogP contribution in [0, 0.1) is 0 Å². The van der Waals surface area contributed by atoms with Crippen LogP contribution >= 0.6 is 11.8 Å². The maximum Gasteiger partial charge on any atom is 0.303 e. The van der Waals surface area contributed by atoms with Gasteiger partial charge >= 0.3 is 5.97 Å². The number of carboxylic acids is 1. The van der Waals surface area contributed by atoms with Gasteiger partial charge in [0.05, 0.1) is 6.04 Å². The molecule has 0 aromatic carbocycles. The topological polar surface area (TPSA) is 69.6 Å². The van der Waals surface area contributed by atoms with E-state index in [2.05, 4.69) is 5.32 Å². The highest BCUT2D eigenvalue weighted by molar-refractivity contribution is 7.99. The van der Waals surface area contributed by atoms with E-state index in [1.165, 1.54) is 0 Å². The van der Waals surface area contributed by atoms with Gasteiger partial charge in [-0.05, 0) is 25.7 Å². The van der Waals surface area contributed by atoms with Crippen LogP contribution in [0.25, 0.3) is 0 Å². The van der Waals surface area contributed by atoms with E-state index in [4.69, 9.17) is 5.11 Å². The first-order valence-electron chi connectivity index (χ1n) is 6.52. The Kier molecular flexibility index (Phi) is 4.88. The van der Waals surface area contributed by atoms with E-state index >= 15 is 0 Å². The van der Waals surface area contributed by atoms with Crippen molar-refractivity contribution in [1.82, 2.24) is 10.2 Å². The number of carbonyl (C=O) groups is 2. The summed E-state index contributed by atoms with van der Waals surface area (Å²) in [5, 5.41) is 12.0. The van der Waals surface area contributed by atoms with Gasteiger partial charge in [-0.15, -0.1) is 11.8 Å². The molecule has 0 aliphatic carbocycles. The first kappa shape index (κ1) is 13.7. The summed E-state index contributed by atoms with van der Waals surface area (Å²) in [5.74, 6) is 1.06. The molecule has 0 aromatic rings. The van der Waals surface area contributed by atoms with Gasteiger partial charge in [0, 0.05) is 30.6 Å². The highest BCUT2D eigenvalue weighted by Crippen LogP contribution is 2.23. The normalized spacial score (nSPS) is 28.3. The van der Waals surface area contributed by atoms with Gasteiger partial charge in [0.2, 0.25) is 5.91 Å². The number of likely N-dealkylation sites (tertiary alicyclic amines) is 1. The molecular formula is C12H20N2O3S. The molecule has 6 heteroatoms. The number of nitrogens with zero attached hydrogens (tertiary/aromatic N) is 1. The van der Waals surface area contributed by atoms with Gasteiger partial charge in [-0.3, -0.25) is 14.9 Å². The average Bonchev–Trinajstić information content (AvgIpc) is 2.89. The van der Waals surface area contributed by atoms with Crippen LogP contribution in [0.2, 0.25) is 0 Å². The number of rotatable bonds is 4. The summed E-state index contributed by atoms with van der Waals surface area (Å²) in [5.41, 5.74) is 0. The van der Waals surface area contributed by atoms with Crippen molar-refractivity contribution in [2.24, 2.45) is 0 Å². The summed E-state index contributed by atoms with van der Waals surface area (Å²) >= 11 is 1.74. The monoisotopic (exact) mass is 272 g/mol. The second-order valence-electron chi connectivity index (χ2n) is 4.89. The third-order valence-corrected chi connectivity index (χ3v) is 4.56. The third-order valence-electron chi connectivity index (χ3n) is 3.62. The summed E-state index contributed by atoms with van der Waals surface area (Å²) in [6.07, 6.45) is 3.82. The second kappa shape index (κ2) is 6.43. The molecule has 2 rings (SSSR count). The Balaban J connectivity index is 1.93. The highest BCUT2D eigenvalue weighted by Gasteiger charge is 2.32. The maximum atomic E-state index is 12.4. The first-order valence-corrected chi connectivity index (χ1v) is 7.67. The minimum atomic E-state index is -0.775. The molecular weight excluding hydrogens is 252 g/mol. The molecule has 0 spiro atoms. The van der Waals surface area contributed by atoms with Crippen LogP contribution in [-0.2, 0) is 9.59 Å². The lowest BCUT2D eigenvalue weighted by atomic mass is 9.97. The summed E-state index contributed by atoms with van der Waals surface area (Å²) in [6, 6.07) is 0.0511. The lowest BCUT2D eigenvalue weighted by molar-refractivity contribution is -0.140. The highest BCUT2D eigenvalue weighted by atomic mass is 32.2. The zero-order valence-electron chi connectivity index (χ0n) is 10.4. The van der Waals surface area contributed by atoms with Gasteiger partial charge in [0.1, 0.15) is 0 Å². The van der Waals surface area contributed by atoms with Crippen LogP contribution in [0.4, 0.5) is 0 Å². The summed E-state index contributed by atoms with van der Waals surface area (Å²) in [6.45, 7) is 0.784. The van der Waals surface area contributed by atoms with E-state index in [0.29, 0.717) is 6.42 Å². The number of amides is 1. The number of carboxylic acid groups (broad SMARTS) is 1. The van der Waals surface area contributed by atoms with Gasteiger partial charge in [-0.1, -0.05) is 0 Å². The van der Waals surface area contributed by atoms with Gasteiger partial charge in [0.15, 0.2) is 0 Å². The molecule has 2 aliphatic heterocycles. The molecule has 0 saturated carbocycles. The molecule has 0 aromatic heterocycles. The van der Waals surface area contributed by atoms with Crippen molar-refractivity contribution in [2.45, 2.75) is 44.2 Å². The Labute approximate surface area is 111 Å². The number of piperidine rings is 1. The molecule has 0 bridgehead atoms. The van der Waals surface area contributed by atoms with Gasteiger partial charge in [-0.2, -0.15) is 0 Å². The SMILES string of the molecule is O=C(O)CCC1CCCCN1C(=O)C1CSCN1. The van der Waals surface area contributed by atoms with E-state index in [1.807, 2.05) is 4.90 Å². The average molecular weight is 272 g/mol. The standard InChI is InChI=1S/C12H20N2O3S/c15-11(16)5-4-9-3-1-2-6-14(9)12(17)10-7-18-8-13-10/h9-10,13H,1-8H2,(H,15,16). The molecule has 1 amide bonds. The number of hydrogen-bond acceptors (Lipinski definition) is 4.